The fourth-order valence-electron chi connectivity index (χ4n) is 2.95. The number of imidazole rings is 1. The lowest BCUT2D eigenvalue weighted by Crippen LogP contribution is -2.34. The van der Waals surface area contributed by atoms with Gasteiger partial charge in [-0.3, -0.25) is 9.59 Å². The van der Waals surface area contributed by atoms with Crippen LogP contribution in [0.1, 0.15) is 29.9 Å². The predicted octanol–water partition coefficient (Wildman–Crippen LogP) is 2.22. The number of ether oxygens (including phenoxy) is 2. The zero-order valence-corrected chi connectivity index (χ0v) is 17.3. The number of benzene rings is 1. The molecular weight excluding hydrogens is 384 g/mol. The summed E-state index contributed by atoms with van der Waals surface area (Å²) in [5.41, 5.74) is 2.23. The number of aromatic nitrogens is 2. The highest BCUT2D eigenvalue weighted by atomic mass is 16.5. The maximum Gasteiger partial charge on any atom is 0.258 e. The highest BCUT2D eigenvalue weighted by Crippen LogP contribution is 2.28. The molecule has 2 N–H and O–H groups in total. The van der Waals surface area contributed by atoms with Crippen LogP contribution < -0.4 is 20.1 Å². The lowest BCUT2D eigenvalue weighted by Gasteiger charge is -2.13. The average molecular weight is 410 g/mol. The molecule has 0 saturated heterocycles. The molecule has 3 aromatic rings. The molecule has 2 heterocycles. The number of hydrogen-bond acceptors (Lipinski definition) is 5. The summed E-state index contributed by atoms with van der Waals surface area (Å²) >= 11 is 0. The Morgan fingerprint density at radius 3 is 2.73 bits per heavy atom. The normalized spacial score (nSPS) is 10.8. The third-order valence-electron chi connectivity index (χ3n) is 4.31. The number of nitrogens with one attached hydrogen (secondary N) is 2. The molecule has 0 aliphatic carbocycles. The maximum absolute atomic E-state index is 12.5. The molecule has 3 rings (SSSR count). The van der Waals surface area contributed by atoms with E-state index in [2.05, 4.69) is 15.6 Å². The van der Waals surface area contributed by atoms with Crippen molar-refractivity contribution >= 4 is 17.5 Å². The third-order valence-corrected chi connectivity index (χ3v) is 4.31. The van der Waals surface area contributed by atoms with Crippen molar-refractivity contribution < 1.29 is 19.1 Å². The van der Waals surface area contributed by atoms with E-state index in [4.69, 9.17) is 9.47 Å². The van der Waals surface area contributed by atoms with Gasteiger partial charge in [-0.2, -0.15) is 0 Å². The number of amides is 2. The maximum atomic E-state index is 12.5. The second-order valence-corrected chi connectivity index (χ2v) is 7.08. The number of fused-ring (bicyclic) bond motifs is 1. The van der Waals surface area contributed by atoms with E-state index in [0.717, 1.165) is 11.3 Å². The predicted molar refractivity (Wildman–Crippen MR) is 113 cm³/mol. The van der Waals surface area contributed by atoms with Crippen molar-refractivity contribution in [1.29, 1.82) is 0 Å². The van der Waals surface area contributed by atoms with E-state index in [1.54, 1.807) is 18.2 Å². The molecule has 30 heavy (non-hydrogen) atoms. The second kappa shape index (κ2) is 9.78. The first-order valence-corrected chi connectivity index (χ1v) is 9.77. The molecule has 0 unspecified atom stereocenters. The van der Waals surface area contributed by atoms with Gasteiger partial charge in [0.25, 0.3) is 11.8 Å². The summed E-state index contributed by atoms with van der Waals surface area (Å²) < 4.78 is 12.8. The molecule has 0 spiro atoms. The summed E-state index contributed by atoms with van der Waals surface area (Å²) in [5.74, 6) is 0.347. The summed E-state index contributed by atoms with van der Waals surface area (Å²) in [6.45, 7) is 4.08. The summed E-state index contributed by atoms with van der Waals surface area (Å²) in [6.07, 6.45) is 4.51. The van der Waals surface area contributed by atoms with E-state index in [0.29, 0.717) is 30.0 Å². The van der Waals surface area contributed by atoms with Crippen LogP contribution in [-0.2, 0) is 11.2 Å². The van der Waals surface area contributed by atoms with Crippen LogP contribution in [0, 0.1) is 0 Å². The molecule has 8 nitrogen and oxygen atoms in total. The van der Waals surface area contributed by atoms with Crippen LogP contribution in [0.3, 0.4) is 0 Å². The van der Waals surface area contributed by atoms with Gasteiger partial charge in [-0.1, -0.05) is 6.07 Å². The van der Waals surface area contributed by atoms with Gasteiger partial charge in [-0.25, -0.2) is 4.98 Å². The minimum atomic E-state index is -0.221. The zero-order chi connectivity index (χ0) is 21.5. The summed E-state index contributed by atoms with van der Waals surface area (Å²) in [6, 6.07) is 10.7. The van der Waals surface area contributed by atoms with Crippen LogP contribution in [0.5, 0.6) is 11.5 Å². The van der Waals surface area contributed by atoms with E-state index in [9.17, 15) is 9.59 Å². The van der Waals surface area contributed by atoms with Gasteiger partial charge < -0.3 is 24.5 Å². The highest BCUT2D eigenvalue weighted by molar-refractivity contribution is 5.94. The Kier molecular flexibility index (Phi) is 6.90. The van der Waals surface area contributed by atoms with Crippen LogP contribution in [-0.4, -0.2) is 47.5 Å². The molecule has 0 aliphatic heterocycles. The Labute approximate surface area is 175 Å². The molecule has 2 amide bonds. The zero-order valence-electron chi connectivity index (χ0n) is 17.3. The van der Waals surface area contributed by atoms with Crippen molar-refractivity contribution in [3.63, 3.8) is 0 Å². The lowest BCUT2D eigenvalue weighted by atomic mass is 10.2. The minimum absolute atomic E-state index is 0.0367. The van der Waals surface area contributed by atoms with Gasteiger partial charge in [0, 0.05) is 37.0 Å². The van der Waals surface area contributed by atoms with Gasteiger partial charge in [-0.15, -0.1) is 0 Å². The molecule has 0 saturated carbocycles. The summed E-state index contributed by atoms with van der Waals surface area (Å²) in [7, 11) is 1.49. The standard InChI is InChI=1S/C22H26N4O4/c1-15(2)24-21(27)14-30-18-8-7-16(12-19(18)29-3)22(28)23-10-9-17-13-26-11-5-4-6-20(26)25-17/h4-8,11-13,15H,9-10,14H2,1-3H3,(H,23,28)(H,24,27). The molecule has 1 aromatic carbocycles. The van der Waals surface area contributed by atoms with Crippen LogP contribution in [0.2, 0.25) is 0 Å². The number of hydrogen-bond donors (Lipinski definition) is 2. The van der Waals surface area contributed by atoms with Crippen molar-refractivity contribution in [1.82, 2.24) is 20.0 Å². The number of carbonyl (C=O) groups is 2. The Hall–Kier alpha value is -3.55. The Morgan fingerprint density at radius 2 is 2.00 bits per heavy atom. The Morgan fingerprint density at radius 1 is 1.17 bits per heavy atom. The van der Waals surface area contributed by atoms with Gasteiger partial charge in [0.15, 0.2) is 18.1 Å². The molecule has 0 atom stereocenters. The van der Waals surface area contributed by atoms with Gasteiger partial charge in [0.1, 0.15) is 5.65 Å². The average Bonchev–Trinajstić information content (AvgIpc) is 3.14. The molecule has 0 aliphatic rings. The Balaban J connectivity index is 1.55. The van der Waals surface area contributed by atoms with Crippen LogP contribution in [0.15, 0.2) is 48.8 Å². The first kappa shape index (κ1) is 21.2. The van der Waals surface area contributed by atoms with E-state index in [1.807, 2.05) is 48.8 Å². The van der Waals surface area contributed by atoms with Crippen molar-refractivity contribution in [2.75, 3.05) is 20.3 Å². The molecule has 8 heteroatoms. The van der Waals surface area contributed by atoms with Crippen molar-refractivity contribution in [2.24, 2.45) is 0 Å². The largest absolute Gasteiger partial charge is 0.493 e. The van der Waals surface area contributed by atoms with Gasteiger partial charge >= 0.3 is 0 Å². The van der Waals surface area contributed by atoms with Gasteiger partial charge in [0.2, 0.25) is 0 Å². The lowest BCUT2D eigenvalue weighted by molar-refractivity contribution is -0.123. The van der Waals surface area contributed by atoms with Gasteiger partial charge in [0.05, 0.1) is 12.8 Å². The smallest absolute Gasteiger partial charge is 0.258 e. The summed E-state index contributed by atoms with van der Waals surface area (Å²) in [5, 5.41) is 5.64. The number of rotatable bonds is 9. The topological polar surface area (TPSA) is 94.0 Å². The number of methoxy groups -OCH3 is 1. The minimum Gasteiger partial charge on any atom is -0.493 e. The first-order valence-electron chi connectivity index (χ1n) is 9.77. The molecule has 0 fully saturated rings. The number of nitrogens with zero attached hydrogens (tertiary/aromatic N) is 2. The van der Waals surface area contributed by atoms with Crippen molar-refractivity contribution in [3.05, 3.63) is 60.0 Å². The molecule has 158 valence electrons. The molecular formula is C22H26N4O4. The van der Waals surface area contributed by atoms with E-state index < -0.39 is 0 Å². The number of carbonyl (C=O) groups excluding carboxylic acids is 2. The monoisotopic (exact) mass is 410 g/mol. The van der Waals surface area contributed by atoms with E-state index in [1.165, 1.54) is 7.11 Å². The van der Waals surface area contributed by atoms with E-state index in [-0.39, 0.29) is 24.5 Å². The third kappa shape index (κ3) is 5.50. The quantitative estimate of drug-likeness (QED) is 0.564. The van der Waals surface area contributed by atoms with Crippen molar-refractivity contribution in [2.45, 2.75) is 26.3 Å². The van der Waals surface area contributed by atoms with Gasteiger partial charge in [-0.05, 0) is 44.2 Å². The van der Waals surface area contributed by atoms with Crippen molar-refractivity contribution in [3.8, 4) is 11.5 Å². The number of pyridine rings is 1. The fourth-order valence-corrected chi connectivity index (χ4v) is 2.95. The SMILES string of the molecule is COc1cc(C(=O)NCCc2cn3ccccc3n2)ccc1OCC(=O)NC(C)C. The second-order valence-electron chi connectivity index (χ2n) is 7.08. The molecule has 0 radical (unpaired) electrons. The summed E-state index contributed by atoms with van der Waals surface area (Å²) in [4.78, 5) is 28.7. The van der Waals surface area contributed by atoms with Crippen LogP contribution >= 0.6 is 0 Å². The van der Waals surface area contributed by atoms with E-state index >= 15 is 0 Å². The highest BCUT2D eigenvalue weighted by Gasteiger charge is 2.13. The van der Waals surface area contributed by atoms with Crippen LogP contribution in [0.4, 0.5) is 0 Å². The Bertz CT molecular complexity index is 996. The molecule has 0 bridgehead atoms. The fraction of sp³-hybridized carbons (Fsp3) is 0.318. The van der Waals surface area contributed by atoms with Crippen LogP contribution in [0.25, 0.3) is 5.65 Å². The molecule has 2 aromatic heterocycles. The first-order chi connectivity index (χ1) is 14.5.